The van der Waals surface area contributed by atoms with Gasteiger partial charge in [-0.25, -0.2) is 4.79 Å². The first kappa shape index (κ1) is 32.8. The summed E-state index contributed by atoms with van der Waals surface area (Å²) in [5.74, 6) is -3.15. The third kappa shape index (κ3) is 12.3. The predicted molar refractivity (Wildman–Crippen MR) is 136 cm³/mol. The van der Waals surface area contributed by atoms with Crippen LogP contribution in [0.4, 0.5) is 0 Å². The van der Waals surface area contributed by atoms with Crippen molar-refractivity contribution in [1.82, 2.24) is 16.0 Å². The molecule has 0 rings (SSSR count). The Kier molecular flexibility index (Phi) is 16.9. The van der Waals surface area contributed by atoms with Crippen LogP contribution in [0.2, 0.25) is 0 Å². The number of nitrogens with one attached hydrogen (secondary N) is 3. The highest BCUT2D eigenvalue weighted by Crippen LogP contribution is 2.12. The molecular weight excluding hydrogens is 452 g/mol. The zero-order valence-corrected chi connectivity index (χ0v) is 21.8. The Balaban J connectivity index is 5.53. The van der Waals surface area contributed by atoms with E-state index in [1.165, 1.54) is 0 Å². The molecule has 0 saturated heterocycles. The lowest BCUT2D eigenvalue weighted by molar-refractivity contribution is -0.144. The number of carbonyl (C=O) groups excluding carboxylic acids is 3. The Morgan fingerprint density at radius 2 is 1.20 bits per heavy atom. The Labute approximate surface area is 209 Å². The van der Waals surface area contributed by atoms with Crippen LogP contribution in [0.1, 0.15) is 79.1 Å². The van der Waals surface area contributed by atoms with Crippen LogP contribution in [-0.2, 0) is 19.2 Å². The maximum absolute atomic E-state index is 13.2. The lowest BCUT2D eigenvalue weighted by atomic mass is 9.96. The van der Waals surface area contributed by atoms with Crippen molar-refractivity contribution in [2.75, 3.05) is 13.1 Å². The first-order valence-corrected chi connectivity index (χ1v) is 12.8. The SMILES string of the molecule is CCC(C)C(NC(=O)C(CCCCN)NC(=O)C(NC(=O)C(N)CCCCN)C(C)CC)C(=O)O. The van der Waals surface area contributed by atoms with E-state index in [0.29, 0.717) is 58.0 Å². The number of unbranched alkanes of at least 4 members (excludes halogenated alkanes) is 2. The molecule has 11 nitrogen and oxygen atoms in total. The Morgan fingerprint density at radius 3 is 1.69 bits per heavy atom. The minimum atomic E-state index is -1.13. The number of hydrogen-bond donors (Lipinski definition) is 7. The molecule has 0 aliphatic carbocycles. The van der Waals surface area contributed by atoms with Crippen LogP contribution < -0.4 is 33.2 Å². The van der Waals surface area contributed by atoms with Crippen molar-refractivity contribution in [3.05, 3.63) is 0 Å². The molecule has 11 heteroatoms. The summed E-state index contributed by atoms with van der Waals surface area (Å²) < 4.78 is 0. The van der Waals surface area contributed by atoms with Crippen molar-refractivity contribution in [2.45, 2.75) is 103 Å². The number of hydrogen-bond acceptors (Lipinski definition) is 7. The molecule has 0 aliphatic heterocycles. The number of nitrogens with two attached hydrogens (primary N) is 3. The summed E-state index contributed by atoms with van der Waals surface area (Å²) >= 11 is 0. The highest BCUT2D eigenvalue weighted by molar-refractivity contribution is 5.94. The molecule has 0 aromatic rings. The highest BCUT2D eigenvalue weighted by Gasteiger charge is 2.33. The van der Waals surface area contributed by atoms with Gasteiger partial charge in [0.1, 0.15) is 18.1 Å². The fourth-order valence-electron chi connectivity index (χ4n) is 3.56. The minimum Gasteiger partial charge on any atom is -0.480 e. The molecule has 6 atom stereocenters. The summed E-state index contributed by atoms with van der Waals surface area (Å²) in [6.07, 6.45) is 4.60. The van der Waals surface area contributed by atoms with Gasteiger partial charge < -0.3 is 38.3 Å². The number of amides is 3. The van der Waals surface area contributed by atoms with Crippen LogP contribution in [0.5, 0.6) is 0 Å². The van der Waals surface area contributed by atoms with Crippen LogP contribution in [0.25, 0.3) is 0 Å². The average Bonchev–Trinajstić information content (AvgIpc) is 2.83. The van der Waals surface area contributed by atoms with E-state index in [9.17, 15) is 24.3 Å². The minimum absolute atomic E-state index is 0.213. The van der Waals surface area contributed by atoms with Gasteiger partial charge in [0.25, 0.3) is 0 Å². The number of rotatable bonds is 19. The lowest BCUT2D eigenvalue weighted by Crippen LogP contribution is -2.59. The molecule has 0 bridgehead atoms. The summed E-state index contributed by atoms with van der Waals surface area (Å²) in [5.41, 5.74) is 17.0. The van der Waals surface area contributed by atoms with Crippen molar-refractivity contribution in [2.24, 2.45) is 29.0 Å². The third-order valence-corrected chi connectivity index (χ3v) is 6.46. The van der Waals surface area contributed by atoms with Gasteiger partial charge in [-0.2, -0.15) is 0 Å². The fourth-order valence-corrected chi connectivity index (χ4v) is 3.56. The molecule has 6 unspecified atom stereocenters. The van der Waals surface area contributed by atoms with E-state index >= 15 is 0 Å². The molecule has 35 heavy (non-hydrogen) atoms. The molecule has 0 heterocycles. The Hall–Kier alpha value is -2.24. The third-order valence-electron chi connectivity index (χ3n) is 6.46. The first-order chi connectivity index (χ1) is 16.5. The molecule has 0 spiro atoms. The van der Waals surface area contributed by atoms with Crippen LogP contribution in [0, 0.1) is 11.8 Å². The van der Waals surface area contributed by atoms with Crippen molar-refractivity contribution in [3.63, 3.8) is 0 Å². The van der Waals surface area contributed by atoms with E-state index in [1.54, 1.807) is 6.92 Å². The second kappa shape index (κ2) is 18.1. The van der Waals surface area contributed by atoms with E-state index in [2.05, 4.69) is 16.0 Å². The van der Waals surface area contributed by atoms with Crippen molar-refractivity contribution >= 4 is 23.7 Å². The van der Waals surface area contributed by atoms with Crippen molar-refractivity contribution in [3.8, 4) is 0 Å². The van der Waals surface area contributed by atoms with Gasteiger partial charge in [0.05, 0.1) is 6.04 Å². The van der Waals surface area contributed by atoms with Gasteiger partial charge in [-0.15, -0.1) is 0 Å². The van der Waals surface area contributed by atoms with E-state index < -0.39 is 47.9 Å². The summed E-state index contributed by atoms with van der Waals surface area (Å²) in [5, 5.41) is 17.6. The molecule has 0 aromatic carbocycles. The number of carbonyl (C=O) groups is 4. The number of carboxylic acid groups (broad SMARTS) is 1. The second-order valence-electron chi connectivity index (χ2n) is 9.32. The zero-order valence-electron chi connectivity index (χ0n) is 21.8. The quantitative estimate of drug-likeness (QED) is 0.122. The van der Waals surface area contributed by atoms with E-state index in [0.717, 1.165) is 6.42 Å². The van der Waals surface area contributed by atoms with Crippen LogP contribution in [-0.4, -0.2) is 66.1 Å². The van der Waals surface area contributed by atoms with Gasteiger partial charge in [-0.1, -0.05) is 47.0 Å². The average molecular weight is 501 g/mol. The Bertz CT molecular complexity index is 662. The van der Waals surface area contributed by atoms with Crippen LogP contribution in [0.15, 0.2) is 0 Å². The van der Waals surface area contributed by atoms with Gasteiger partial charge in [0, 0.05) is 0 Å². The molecule has 0 fully saturated rings. The van der Waals surface area contributed by atoms with E-state index in [-0.39, 0.29) is 11.8 Å². The molecular formula is C24H48N6O5. The standard InChI is InChI=1S/C24H48N6O5/c1-5-15(3)19(29-21(31)17(27)11-7-9-13-25)23(33)28-18(12-8-10-14-26)22(32)30-20(24(34)35)16(4)6-2/h15-20H,5-14,25-27H2,1-4H3,(H,28,33)(H,29,31)(H,30,32)(H,34,35). The van der Waals surface area contributed by atoms with Gasteiger partial charge >= 0.3 is 5.97 Å². The normalized spacial score (nSPS) is 16.3. The van der Waals surface area contributed by atoms with Gasteiger partial charge in [-0.05, 0) is 57.0 Å². The van der Waals surface area contributed by atoms with Crippen LogP contribution >= 0.6 is 0 Å². The summed E-state index contributed by atoms with van der Waals surface area (Å²) in [6, 6.07) is -3.68. The number of aliphatic carboxylic acids is 1. The molecule has 3 amide bonds. The first-order valence-electron chi connectivity index (χ1n) is 12.8. The highest BCUT2D eigenvalue weighted by atomic mass is 16.4. The zero-order chi connectivity index (χ0) is 27.0. The largest absolute Gasteiger partial charge is 0.480 e. The maximum atomic E-state index is 13.2. The molecule has 0 aromatic heterocycles. The molecule has 0 aliphatic rings. The van der Waals surface area contributed by atoms with Gasteiger partial charge in [0.15, 0.2) is 0 Å². The molecule has 10 N–H and O–H groups in total. The fraction of sp³-hybridized carbons (Fsp3) is 0.833. The second-order valence-corrected chi connectivity index (χ2v) is 9.32. The topological polar surface area (TPSA) is 203 Å². The summed E-state index contributed by atoms with van der Waals surface area (Å²) in [7, 11) is 0. The van der Waals surface area contributed by atoms with Gasteiger partial charge in [0.2, 0.25) is 17.7 Å². The Morgan fingerprint density at radius 1 is 0.714 bits per heavy atom. The lowest BCUT2D eigenvalue weighted by Gasteiger charge is -2.28. The predicted octanol–water partition coefficient (Wildman–Crippen LogP) is 0.203. The van der Waals surface area contributed by atoms with Crippen LogP contribution in [0.3, 0.4) is 0 Å². The van der Waals surface area contributed by atoms with E-state index in [4.69, 9.17) is 17.2 Å². The smallest absolute Gasteiger partial charge is 0.326 e. The number of carboxylic acids is 1. The van der Waals surface area contributed by atoms with E-state index in [1.807, 2.05) is 20.8 Å². The van der Waals surface area contributed by atoms with Crippen molar-refractivity contribution < 1.29 is 24.3 Å². The molecule has 204 valence electrons. The van der Waals surface area contributed by atoms with Gasteiger partial charge in [-0.3, -0.25) is 14.4 Å². The molecule has 0 saturated carbocycles. The summed E-state index contributed by atoms with van der Waals surface area (Å²) in [4.78, 5) is 50.5. The summed E-state index contributed by atoms with van der Waals surface area (Å²) in [6.45, 7) is 8.25. The molecule has 0 radical (unpaired) electrons. The van der Waals surface area contributed by atoms with Crippen molar-refractivity contribution in [1.29, 1.82) is 0 Å². The monoisotopic (exact) mass is 500 g/mol. The maximum Gasteiger partial charge on any atom is 0.326 e.